The first-order valence-corrected chi connectivity index (χ1v) is 13.6. The molecule has 0 unspecified atom stereocenters. The summed E-state index contributed by atoms with van der Waals surface area (Å²) in [5.41, 5.74) is 4.98. The normalized spacial score (nSPS) is 17.0. The molecule has 2 aliphatic heterocycles. The molecule has 0 bridgehead atoms. The minimum atomic E-state index is 0.0803. The van der Waals surface area contributed by atoms with E-state index >= 15 is 0 Å². The fourth-order valence-electron chi connectivity index (χ4n) is 5.40. The number of amides is 1. The maximum Gasteiger partial charge on any atom is 0.253 e. The molecule has 4 aromatic rings. The van der Waals surface area contributed by atoms with Crippen molar-refractivity contribution in [3.05, 3.63) is 66.4 Å². The maximum atomic E-state index is 13.4. The average molecular weight is 527 g/mol. The minimum Gasteiger partial charge on any atom is -0.496 e. The lowest BCUT2D eigenvalue weighted by Gasteiger charge is -2.36. The van der Waals surface area contributed by atoms with E-state index in [4.69, 9.17) is 9.47 Å². The summed E-state index contributed by atoms with van der Waals surface area (Å²) in [5, 5.41) is 8.46. The van der Waals surface area contributed by atoms with Crippen LogP contribution in [0.25, 0.3) is 33.4 Å². The van der Waals surface area contributed by atoms with Crippen LogP contribution in [-0.2, 0) is 4.74 Å². The molecule has 2 aromatic carbocycles. The van der Waals surface area contributed by atoms with E-state index in [0.717, 1.165) is 99.1 Å². The summed E-state index contributed by atoms with van der Waals surface area (Å²) in [7, 11) is 1.66. The van der Waals surface area contributed by atoms with Crippen LogP contribution in [0.1, 0.15) is 10.4 Å². The third kappa shape index (κ3) is 5.52. The van der Waals surface area contributed by atoms with Crippen molar-refractivity contribution in [1.82, 2.24) is 29.9 Å². The summed E-state index contributed by atoms with van der Waals surface area (Å²) in [4.78, 5) is 24.9. The molecular formula is C30H34N6O3. The van der Waals surface area contributed by atoms with Crippen molar-refractivity contribution in [2.45, 2.75) is 0 Å². The van der Waals surface area contributed by atoms with Gasteiger partial charge in [-0.25, -0.2) is 4.98 Å². The number of piperazine rings is 1. The highest BCUT2D eigenvalue weighted by Gasteiger charge is 2.23. The molecule has 0 atom stereocenters. The van der Waals surface area contributed by atoms with Crippen molar-refractivity contribution >= 4 is 16.9 Å². The third-order valence-electron chi connectivity index (χ3n) is 7.72. The van der Waals surface area contributed by atoms with Gasteiger partial charge < -0.3 is 14.4 Å². The molecule has 0 radical (unpaired) electrons. The molecule has 0 spiro atoms. The zero-order chi connectivity index (χ0) is 26.6. The SMILES string of the molecule is COc1ccccc1-c1n[nH]c2ncc(-c3cccc(C(=O)N4CCN(CCN5CCOCC5)CC4)c3)cc12. The average Bonchev–Trinajstić information content (AvgIpc) is 3.43. The van der Waals surface area contributed by atoms with E-state index < -0.39 is 0 Å². The first kappa shape index (κ1) is 25.5. The fourth-order valence-corrected chi connectivity index (χ4v) is 5.40. The van der Waals surface area contributed by atoms with Gasteiger partial charge in [0.2, 0.25) is 0 Å². The Bertz CT molecular complexity index is 1440. The van der Waals surface area contributed by atoms with E-state index in [1.807, 2.05) is 59.6 Å². The van der Waals surface area contributed by atoms with Crippen molar-refractivity contribution in [3.63, 3.8) is 0 Å². The number of ether oxygens (including phenoxy) is 2. The van der Waals surface area contributed by atoms with E-state index in [9.17, 15) is 4.79 Å². The largest absolute Gasteiger partial charge is 0.496 e. The van der Waals surface area contributed by atoms with Gasteiger partial charge in [-0.3, -0.25) is 19.7 Å². The Morgan fingerprint density at radius 1 is 0.923 bits per heavy atom. The van der Waals surface area contributed by atoms with E-state index in [-0.39, 0.29) is 5.91 Å². The summed E-state index contributed by atoms with van der Waals surface area (Å²) in [6, 6.07) is 17.7. The van der Waals surface area contributed by atoms with Crippen LogP contribution in [0.15, 0.2) is 60.8 Å². The van der Waals surface area contributed by atoms with Gasteiger partial charge >= 0.3 is 0 Å². The van der Waals surface area contributed by atoms with Crippen LogP contribution < -0.4 is 4.74 Å². The Hall–Kier alpha value is -3.79. The number of carbonyl (C=O) groups excluding carboxylic acids is 1. The molecule has 0 aliphatic carbocycles. The molecule has 9 nitrogen and oxygen atoms in total. The summed E-state index contributed by atoms with van der Waals surface area (Å²) in [5.74, 6) is 0.835. The minimum absolute atomic E-state index is 0.0803. The first-order valence-electron chi connectivity index (χ1n) is 13.6. The number of benzene rings is 2. The van der Waals surface area contributed by atoms with Gasteiger partial charge in [-0.1, -0.05) is 24.3 Å². The number of rotatable bonds is 7. The molecule has 9 heteroatoms. The lowest BCUT2D eigenvalue weighted by molar-refractivity contribution is 0.0293. The number of nitrogens with one attached hydrogen (secondary N) is 1. The number of aromatic amines is 1. The Morgan fingerprint density at radius 3 is 2.49 bits per heavy atom. The van der Waals surface area contributed by atoms with Crippen molar-refractivity contribution < 1.29 is 14.3 Å². The maximum absolute atomic E-state index is 13.4. The predicted octanol–water partition coefficient (Wildman–Crippen LogP) is 3.39. The molecular weight excluding hydrogens is 492 g/mol. The van der Waals surface area contributed by atoms with E-state index in [0.29, 0.717) is 11.2 Å². The van der Waals surface area contributed by atoms with Crippen molar-refractivity contribution in [2.24, 2.45) is 0 Å². The third-order valence-corrected chi connectivity index (χ3v) is 7.72. The lowest BCUT2D eigenvalue weighted by Crippen LogP contribution is -2.51. The van der Waals surface area contributed by atoms with E-state index in [2.05, 4.69) is 31.0 Å². The van der Waals surface area contributed by atoms with Gasteiger partial charge in [0.05, 0.1) is 20.3 Å². The number of pyridine rings is 1. The topological polar surface area (TPSA) is 86.8 Å². The highest BCUT2D eigenvalue weighted by molar-refractivity contribution is 5.97. The molecule has 2 aliphatic rings. The molecule has 202 valence electrons. The van der Waals surface area contributed by atoms with Crippen LogP contribution >= 0.6 is 0 Å². The van der Waals surface area contributed by atoms with Crippen molar-refractivity contribution in [2.75, 3.05) is 72.7 Å². The number of hydrogen-bond donors (Lipinski definition) is 1. The van der Waals surface area contributed by atoms with Gasteiger partial charge in [0.1, 0.15) is 11.4 Å². The number of morpholine rings is 1. The lowest BCUT2D eigenvalue weighted by atomic mass is 10.0. The van der Waals surface area contributed by atoms with Crippen LogP contribution in [0.5, 0.6) is 5.75 Å². The standard InChI is InChI=1S/C30H34N6O3/c1-38-27-8-3-2-7-25(27)28-26-20-24(21-31-29(26)33-32-28)22-5-4-6-23(19-22)30(37)36-13-11-34(12-14-36)9-10-35-15-17-39-18-16-35/h2-8,19-21H,9-18H2,1H3,(H,31,32,33). The highest BCUT2D eigenvalue weighted by Crippen LogP contribution is 2.34. The molecule has 1 amide bonds. The molecule has 2 fully saturated rings. The summed E-state index contributed by atoms with van der Waals surface area (Å²) >= 11 is 0. The highest BCUT2D eigenvalue weighted by atomic mass is 16.5. The van der Waals surface area contributed by atoms with Crippen LogP contribution in [-0.4, -0.2) is 108 Å². The van der Waals surface area contributed by atoms with Gasteiger partial charge in [0.25, 0.3) is 5.91 Å². The van der Waals surface area contributed by atoms with Gasteiger partial charge in [0.15, 0.2) is 5.65 Å². The van der Waals surface area contributed by atoms with Gasteiger partial charge in [0, 0.05) is 80.6 Å². The smallest absolute Gasteiger partial charge is 0.253 e. The van der Waals surface area contributed by atoms with Gasteiger partial charge in [-0.2, -0.15) is 5.10 Å². The Morgan fingerprint density at radius 2 is 1.69 bits per heavy atom. The fraction of sp³-hybridized carbons (Fsp3) is 0.367. The van der Waals surface area contributed by atoms with Crippen molar-refractivity contribution in [1.29, 1.82) is 0 Å². The number of carbonyl (C=O) groups is 1. The zero-order valence-electron chi connectivity index (χ0n) is 22.3. The second-order valence-electron chi connectivity index (χ2n) is 10.1. The molecule has 2 saturated heterocycles. The molecule has 2 aromatic heterocycles. The van der Waals surface area contributed by atoms with Crippen LogP contribution in [0, 0.1) is 0 Å². The number of para-hydroxylation sites is 1. The van der Waals surface area contributed by atoms with Gasteiger partial charge in [-0.15, -0.1) is 0 Å². The van der Waals surface area contributed by atoms with Crippen LogP contribution in [0.4, 0.5) is 0 Å². The van der Waals surface area contributed by atoms with Gasteiger partial charge in [-0.05, 0) is 35.9 Å². The number of fused-ring (bicyclic) bond motifs is 1. The summed E-state index contributed by atoms with van der Waals surface area (Å²) in [6.07, 6.45) is 1.82. The van der Waals surface area contributed by atoms with E-state index in [1.165, 1.54) is 0 Å². The molecule has 6 rings (SSSR count). The molecule has 1 N–H and O–H groups in total. The number of methoxy groups -OCH3 is 1. The van der Waals surface area contributed by atoms with Crippen LogP contribution in [0.2, 0.25) is 0 Å². The first-order chi connectivity index (χ1) is 19.2. The Labute approximate surface area is 228 Å². The molecule has 39 heavy (non-hydrogen) atoms. The summed E-state index contributed by atoms with van der Waals surface area (Å²) < 4.78 is 11.0. The molecule has 4 heterocycles. The number of hydrogen-bond acceptors (Lipinski definition) is 7. The van der Waals surface area contributed by atoms with Crippen LogP contribution in [0.3, 0.4) is 0 Å². The quantitative estimate of drug-likeness (QED) is 0.395. The number of aromatic nitrogens is 3. The monoisotopic (exact) mass is 526 g/mol. The van der Waals surface area contributed by atoms with E-state index in [1.54, 1.807) is 7.11 Å². The second kappa shape index (κ2) is 11.5. The predicted molar refractivity (Wildman–Crippen MR) is 151 cm³/mol. The van der Waals surface area contributed by atoms with Crippen molar-refractivity contribution in [3.8, 4) is 28.1 Å². The Balaban J connectivity index is 1.15. The number of H-pyrrole nitrogens is 1. The summed E-state index contributed by atoms with van der Waals surface area (Å²) in [6.45, 7) is 9.09. The Kier molecular flexibility index (Phi) is 7.53. The number of nitrogens with zero attached hydrogens (tertiary/aromatic N) is 5. The zero-order valence-corrected chi connectivity index (χ0v) is 22.3. The molecule has 0 saturated carbocycles. The second-order valence-corrected chi connectivity index (χ2v) is 10.1.